The lowest BCUT2D eigenvalue weighted by atomic mass is 9.63. The molecule has 0 saturated heterocycles. The molecule has 0 amide bonds. The standard InChI is InChI=1S/C52H35N3O/c1-3-15-36(16-4-1)49-53-50(37-17-5-2-6-18-37)55-51(54-49)42-22-8-7-19-39(42)35-29-27-34(28-30-35)38-31-32-46-48(33-38)56-47-26-14-13-25-45(47)52(46)43-23-11-9-20-40(43)41-21-10-12-24-44(41)52/h1-25,27-33,47H,26H2. The van der Waals surface area contributed by atoms with Crippen molar-refractivity contribution < 1.29 is 4.74 Å². The third-order valence-electron chi connectivity index (χ3n) is 11.5. The first-order chi connectivity index (χ1) is 27.8. The molecule has 8 aromatic rings. The summed E-state index contributed by atoms with van der Waals surface area (Å²) in [4.78, 5) is 15.0. The Kier molecular flexibility index (Phi) is 7.49. The van der Waals surface area contributed by atoms with E-state index in [2.05, 4.69) is 127 Å². The summed E-state index contributed by atoms with van der Waals surface area (Å²) in [6, 6.07) is 62.0. The van der Waals surface area contributed by atoms with E-state index in [1.807, 2.05) is 66.7 Å². The highest BCUT2D eigenvalue weighted by Gasteiger charge is 2.53. The third-order valence-corrected chi connectivity index (χ3v) is 11.5. The maximum atomic E-state index is 6.92. The van der Waals surface area contributed by atoms with Crippen LogP contribution >= 0.6 is 0 Å². The van der Waals surface area contributed by atoms with Crippen LogP contribution in [0.5, 0.6) is 5.75 Å². The molecule has 4 heteroatoms. The van der Waals surface area contributed by atoms with Crippen LogP contribution in [0.4, 0.5) is 0 Å². The maximum Gasteiger partial charge on any atom is 0.164 e. The predicted octanol–water partition coefficient (Wildman–Crippen LogP) is 12.2. The molecule has 264 valence electrons. The summed E-state index contributed by atoms with van der Waals surface area (Å²) in [5.41, 5.74) is 14.6. The summed E-state index contributed by atoms with van der Waals surface area (Å²) in [6.07, 6.45) is 7.52. The van der Waals surface area contributed by atoms with Crippen molar-refractivity contribution in [3.05, 3.63) is 216 Å². The monoisotopic (exact) mass is 717 g/mol. The molecule has 11 rings (SSSR count). The van der Waals surface area contributed by atoms with Gasteiger partial charge in [-0.05, 0) is 56.1 Å². The van der Waals surface area contributed by atoms with Crippen LogP contribution in [-0.2, 0) is 5.41 Å². The normalized spacial score (nSPS) is 15.6. The van der Waals surface area contributed by atoms with Gasteiger partial charge in [0.1, 0.15) is 11.9 Å². The first-order valence-electron chi connectivity index (χ1n) is 19.2. The Hall–Kier alpha value is -7.17. The van der Waals surface area contributed by atoms with Crippen LogP contribution in [-0.4, -0.2) is 21.1 Å². The van der Waals surface area contributed by atoms with Gasteiger partial charge < -0.3 is 4.74 Å². The van der Waals surface area contributed by atoms with Gasteiger partial charge in [-0.3, -0.25) is 0 Å². The van der Waals surface area contributed by atoms with Gasteiger partial charge in [0.15, 0.2) is 17.5 Å². The second-order valence-corrected chi connectivity index (χ2v) is 14.6. The molecular formula is C52H35N3O. The number of ether oxygens (including phenoxy) is 1. The molecule has 1 unspecified atom stereocenters. The third kappa shape index (κ3) is 5.03. The lowest BCUT2D eigenvalue weighted by Crippen LogP contribution is -2.42. The molecule has 0 bridgehead atoms. The summed E-state index contributed by atoms with van der Waals surface area (Å²) in [6.45, 7) is 0. The average molecular weight is 718 g/mol. The van der Waals surface area contributed by atoms with Crippen LogP contribution in [0.15, 0.2) is 200 Å². The van der Waals surface area contributed by atoms with Gasteiger partial charge in [-0.2, -0.15) is 0 Å². The van der Waals surface area contributed by atoms with E-state index in [4.69, 9.17) is 19.7 Å². The molecule has 3 aliphatic rings. The van der Waals surface area contributed by atoms with Gasteiger partial charge in [0.2, 0.25) is 0 Å². The van der Waals surface area contributed by atoms with Gasteiger partial charge >= 0.3 is 0 Å². The smallest absolute Gasteiger partial charge is 0.164 e. The molecule has 0 radical (unpaired) electrons. The molecule has 4 nitrogen and oxygen atoms in total. The van der Waals surface area contributed by atoms with E-state index in [0.29, 0.717) is 17.5 Å². The molecule has 0 N–H and O–H groups in total. The Bertz CT molecular complexity index is 2760. The van der Waals surface area contributed by atoms with Crippen LogP contribution in [0.25, 0.3) is 67.5 Å². The van der Waals surface area contributed by atoms with E-state index in [-0.39, 0.29) is 6.10 Å². The van der Waals surface area contributed by atoms with Gasteiger partial charge in [-0.15, -0.1) is 0 Å². The van der Waals surface area contributed by atoms with E-state index < -0.39 is 5.41 Å². The molecule has 2 aliphatic carbocycles. The molecule has 1 aromatic heterocycles. The zero-order valence-electron chi connectivity index (χ0n) is 30.5. The lowest BCUT2D eigenvalue weighted by Gasteiger charge is -2.45. The van der Waals surface area contributed by atoms with Crippen LogP contribution < -0.4 is 4.74 Å². The van der Waals surface area contributed by atoms with Crippen LogP contribution in [0.1, 0.15) is 23.1 Å². The fourth-order valence-electron chi connectivity index (χ4n) is 9.04. The van der Waals surface area contributed by atoms with Crippen molar-refractivity contribution in [3.63, 3.8) is 0 Å². The number of fused-ring (bicyclic) bond motifs is 9. The van der Waals surface area contributed by atoms with Crippen molar-refractivity contribution in [2.45, 2.75) is 17.9 Å². The molecule has 2 heterocycles. The minimum absolute atomic E-state index is 0.0407. The molecule has 1 aliphatic heterocycles. The molecule has 7 aromatic carbocycles. The van der Waals surface area contributed by atoms with Gasteiger partial charge in [0, 0.05) is 28.7 Å². The minimum atomic E-state index is -0.405. The van der Waals surface area contributed by atoms with Crippen molar-refractivity contribution in [1.29, 1.82) is 0 Å². The van der Waals surface area contributed by atoms with Crippen molar-refractivity contribution >= 4 is 0 Å². The van der Waals surface area contributed by atoms with Gasteiger partial charge in [-0.25, -0.2) is 15.0 Å². The van der Waals surface area contributed by atoms with Crippen molar-refractivity contribution in [2.75, 3.05) is 0 Å². The minimum Gasteiger partial charge on any atom is -0.485 e. The van der Waals surface area contributed by atoms with E-state index in [9.17, 15) is 0 Å². The summed E-state index contributed by atoms with van der Waals surface area (Å²) >= 11 is 0. The van der Waals surface area contributed by atoms with Gasteiger partial charge in [0.05, 0.1) is 5.41 Å². The van der Waals surface area contributed by atoms with E-state index in [1.165, 1.54) is 33.4 Å². The van der Waals surface area contributed by atoms with Crippen LogP contribution in [0.3, 0.4) is 0 Å². The average Bonchev–Trinajstić information content (AvgIpc) is 3.57. The molecule has 0 saturated carbocycles. The summed E-state index contributed by atoms with van der Waals surface area (Å²) < 4.78 is 6.92. The molecule has 56 heavy (non-hydrogen) atoms. The highest BCUT2D eigenvalue weighted by atomic mass is 16.5. The second-order valence-electron chi connectivity index (χ2n) is 14.6. The van der Waals surface area contributed by atoms with E-state index in [1.54, 1.807) is 0 Å². The fourth-order valence-corrected chi connectivity index (χ4v) is 9.04. The predicted molar refractivity (Wildman–Crippen MR) is 225 cm³/mol. The van der Waals surface area contributed by atoms with Crippen molar-refractivity contribution in [1.82, 2.24) is 15.0 Å². The maximum absolute atomic E-state index is 6.92. The largest absolute Gasteiger partial charge is 0.485 e. The highest BCUT2D eigenvalue weighted by Crippen LogP contribution is 2.61. The molecule has 1 spiro atoms. The number of benzene rings is 7. The zero-order valence-corrected chi connectivity index (χ0v) is 30.5. The number of rotatable bonds is 5. The first-order valence-corrected chi connectivity index (χ1v) is 19.2. The number of aromatic nitrogens is 3. The Balaban J connectivity index is 0.993. The Morgan fingerprint density at radius 1 is 0.429 bits per heavy atom. The highest BCUT2D eigenvalue weighted by molar-refractivity contribution is 5.88. The fraction of sp³-hybridized carbons (Fsp3) is 0.0577. The quantitative estimate of drug-likeness (QED) is 0.178. The Morgan fingerprint density at radius 3 is 1.59 bits per heavy atom. The number of nitrogens with zero attached hydrogens (tertiary/aromatic N) is 3. The van der Waals surface area contributed by atoms with E-state index >= 15 is 0 Å². The number of allylic oxidation sites excluding steroid dienone is 2. The molecule has 1 atom stereocenters. The number of hydrogen-bond acceptors (Lipinski definition) is 4. The lowest BCUT2D eigenvalue weighted by molar-refractivity contribution is 0.205. The van der Waals surface area contributed by atoms with E-state index in [0.717, 1.165) is 51.1 Å². The van der Waals surface area contributed by atoms with Crippen molar-refractivity contribution in [2.24, 2.45) is 0 Å². The summed E-state index contributed by atoms with van der Waals surface area (Å²) in [5.74, 6) is 2.87. The van der Waals surface area contributed by atoms with Crippen LogP contribution in [0, 0.1) is 0 Å². The molecule has 0 fully saturated rings. The first kappa shape index (κ1) is 32.3. The van der Waals surface area contributed by atoms with Crippen LogP contribution in [0.2, 0.25) is 0 Å². The SMILES string of the molecule is C1=CCC2Oc3cc(-c4ccc(-c5ccccc5-c5nc(-c6ccccc6)nc(-c6ccccc6)n5)cc4)ccc3C3(C2=C1)c1ccccc1-c1ccccc13. The van der Waals surface area contributed by atoms with Gasteiger partial charge in [-0.1, -0.05) is 188 Å². The second kappa shape index (κ2) is 13.0. The number of hydrogen-bond donors (Lipinski definition) is 0. The Morgan fingerprint density at radius 2 is 0.946 bits per heavy atom. The topological polar surface area (TPSA) is 47.9 Å². The molecular weight excluding hydrogens is 683 g/mol. The van der Waals surface area contributed by atoms with Gasteiger partial charge in [0.25, 0.3) is 0 Å². The van der Waals surface area contributed by atoms with Crippen molar-refractivity contribution in [3.8, 4) is 73.3 Å². The zero-order chi connectivity index (χ0) is 37.1. The summed E-state index contributed by atoms with van der Waals surface area (Å²) in [5, 5.41) is 0. The Labute approximate surface area is 326 Å². The summed E-state index contributed by atoms with van der Waals surface area (Å²) in [7, 11) is 0.